The Morgan fingerprint density at radius 2 is 2.05 bits per heavy atom. The molecule has 3 heterocycles. The average molecular weight is 310 g/mol. The average Bonchev–Trinajstić information content (AvgIpc) is 2.99. The third kappa shape index (κ3) is 2.42. The van der Waals surface area contributed by atoms with Crippen LogP contribution in [0.25, 0.3) is 22.5 Å². The monoisotopic (exact) mass is 309 g/mol. The van der Waals surface area contributed by atoms with Crippen LogP contribution >= 0.6 is 11.6 Å². The molecule has 0 amide bonds. The van der Waals surface area contributed by atoms with E-state index in [4.69, 9.17) is 11.6 Å². The molecule has 0 N–H and O–H groups in total. The molecule has 0 bridgehead atoms. The molecule has 4 heteroatoms. The van der Waals surface area contributed by atoms with Crippen LogP contribution in [0.15, 0.2) is 48.9 Å². The van der Waals surface area contributed by atoms with Gasteiger partial charge in [0.15, 0.2) is 0 Å². The van der Waals surface area contributed by atoms with Gasteiger partial charge in [-0.3, -0.25) is 9.38 Å². The number of hydrogen-bond acceptors (Lipinski definition) is 2. The maximum Gasteiger partial charge on any atom is 0.138 e. The van der Waals surface area contributed by atoms with Crippen LogP contribution in [-0.4, -0.2) is 14.4 Å². The SMILES string of the molecule is Clc1ccn2c(-c3ccnc(C4=CCCCC4)c3)cnc2c1. The summed E-state index contributed by atoms with van der Waals surface area (Å²) in [6.45, 7) is 0. The van der Waals surface area contributed by atoms with Crippen LogP contribution in [-0.2, 0) is 0 Å². The van der Waals surface area contributed by atoms with Gasteiger partial charge in [0.2, 0.25) is 0 Å². The summed E-state index contributed by atoms with van der Waals surface area (Å²) in [5, 5.41) is 0.701. The summed E-state index contributed by atoms with van der Waals surface area (Å²) in [6.07, 6.45) is 12.9. The third-order valence-electron chi connectivity index (χ3n) is 4.15. The number of rotatable bonds is 2. The lowest BCUT2D eigenvalue weighted by Gasteiger charge is -2.12. The van der Waals surface area contributed by atoms with Crippen molar-refractivity contribution < 1.29 is 0 Å². The third-order valence-corrected chi connectivity index (χ3v) is 4.39. The zero-order valence-electron chi connectivity index (χ0n) is 12.2. The molecule has 3 nitrogen and oxygen atoms in total. The Bertz CT molecular complexity index is 864. The van der Waals surface area contributed by atoms with Gasteiger partial charge in [-0.25, -0.2) is 4.98 Å². The molecule has 3 aromatic rings. The highest BCUT2D eigenvalue weighted by atomic mass is 35.5. The van der Waals surface area contributed by atoms with E-state index in [1.807, 2.05) is 36.8 Å². The van der Waals surface area contributed by atoms with Crippen molar-refractivity contribution in [3.63, 3.8) is 0 Å². The number of pyridine rings is 2. The van der Waals surface area contributed by atoms with E-state index in [-0.39, 0.29) is 0 Å². The minimum Gasteiger partial charge on any atom is -0.300 e. The summed E-state index contributed by atoms with van der Waals surface area (Å²) < 4.78 is 2.06. The minimum absolute atomic E-state index is 0.701. The van der Waals surface area contributed by atoms with Gasteiger partial charge >= 0.3 is 0 Å². The predicted octanol–water partition coefficient (Wildman–Crippen LogP) is 5.01. The fraction of sp³-hybridized carbons (Fsp3) is 0.222. The summed E-state index contributed by atoms with van der Waals surface area (Å²) in [4.78, 5) is 8.99. The van der Waals surface area contributed by atoms with E-state index in [0.717, 1.165) is 35.4 Å². The van der Waals surface area contributed by atoms with Crippen LogP contribution in [0, 0.1) is 0 Å². The van der Waals surface area contributed by atoms with Gasteiger partial charge in [-0.15, -0.1) is 0 Å². The fourth-order valence-corrected chi connectivity index (χ4v) is 3.16. The van der Waals surface area contributed by atoms with E-state index < -0.39 is 0 Å². The second-order valence-corrected chi connectivity index (χ2v) is 6.06. The van der Waals surface area contributed by atoms with Crippen LogP contribution in [0.2, 0.25) is 5.02 Å². The molecule has 0 fully saturated rings. The molecule has 0 unspecified atom stereocenters. The number of fused-ring (bicyclic) bond motifs is 1. The normalized spacial score (nSPS) is 15.0. The summed E-state index contributed by atoms with van der Waals surface area (Å²) in [6, 6.07) is 7.95. The van der Waals surface area contributed by atoms with Gasteiger partial charge in [-0.2, -0.15) is 0 Å². The van der Waals surface area contributed by atoms with E-state index >= 15 is 0 Å². The van der Waals surface area contributed by atoms with E-state index in [2.05, 4.69) is 26.5 Å². The molecule has 0 atom stereocenters. The van der Waals surface area contributed by atoms with Crippen molar-refractivity contribution in [2.24, 2.45) is 0 Å². The van der Waals surface area contributed by atoms with E-state index in [1.165, 1.54) is 18.4 Å². The van der Waals surface area contributed by atoms with Crippen molar-refractivity contribution in [2.75, 3.05) is 0 Å². The van der Waals surface area contributed by atoms with Crippen LogP contribution in [0.5, 0.6) is 0 Å². The molecule has 22 heavy (non-hydrogen) atoms. The Morgan fingerprint density at radius 3 is 2.91 bits per heavy atom. The number of nitrogens with zero attached hydrogens (tertiary/aromatic N) is 3. The van der Waals surface area contributed by atoms with Crippen LogP contribution in [0.1, 0.15) is 31.4 Å². The molecule has 0 saturated carbocycles. The number of imidazole rings is 1. The molecule has 110 valence electrons. The Hall–Kier alpha value is -2.13. The van der Waals surface area contributed by atoms with Gasteiger partial charge < -0.3 is 0 Å². The summed E-state index contributed by atoms with van der Waals surface area (Å²) in [5.74, 6) is 0. The van der Waals surface area contributed by atoms with Gasteiger partial charge in [-0.1, -0.05) is 17.7 Å². The molecule has 4 rings (SSSR count). The second kappa shape index (κ2) is 5.58. The molecule has 3 aromatic heterocycles. The first kappa shape index (κ1) is 13.5. The Balaban J connectivity index is 1.80. The summed E-state index contributed by atoms with van der Waals surface area (Å²) in [5.41, 5.74) is 5.50. The van der Waals surface area contributed by atoms with Crippen LogP contribution in [0.3, 0.4) is 0 Å². The van der Waals surface area contributed by atoms with Gasteiger partial charge in [0.25, 0.3) is 0 Å². The lowest BCUT2D eigenvalue weighted by atomic mass is 9.96. The molecule has 0 aromatic carbocycles. The summed E-state index contributed by atoms with van der Waals surface area (Å²) >= 11 is 6.03. The van der Waals surface area contributed by atoms with E-state index in [1.54, 1.807) is 0 Å². The fourth-order valence-electron chi connectivity index (χ4n) is 3.01. The number of hydrogen-bond donors (Lipinski definition) is 0. The predicted molar refractivity (Wildman–Crippen MR) is 89.9 cm³/mol. The van der Waals surface area contributed by atoms with Crippen LogP contribution in [0.4, 0.5) is 0 Å². The van der Waals surface area contributed by atoms with Crippen molar-refractivity contribution in [1.29, 1.82) is 0 Å². The summed E-state index contributed by atoms with van der Waals surface area (Å²) in [7, 11) is 0. The van der Waals surface area contributed by atoms with Gasteiger partial charge in [0, 0.05) is 29.0 Å². The maximum absolute atomic E-state index is 6.03. The molecule has 0 radical (unpaired) electrons. The van der Waals surface area contributed by atoms with E-state index in [0.29, 0.717) is 5.02 Å². The molecule has 0 aliphatic heterocycles. The van der Waals surface area contributed by atoms with Crippen molar-refractivity contribution in [1.82, 2.24) is 14.4 Å². The first-order valence-electron chi connectivity index (χ1n) is 7.60. The Kier molecular flexibility index (Phi) is 3.43. The largest absolute Gasteiger partial charge is 0.300 e. The highest BCUT2D eigenvalue weighted by molar-refractivity contribution is 6.30. The molecule has 0 spiro atoms. The highest BCUT2D eigenvalue weighted by Crippen LogP contribution is 2.29. The van der Waals surface area contributed by atoms with Crippen molar-refractivity contribution in [3.05, 3.63) is 59.6 Å². The van der Waals surface area contributed by atoms with Crippen LogP contribution < -0.4 is 0 Å². The highest BCUT2D eigenvalue weighted by Gasteiger charge is 2.11. The zero-order chi connectivity index (χ0) is 14.9. The second-order valence-electron chi connectivity index (χ2n) is 5.62. The van der Waals surface area contributed by atoms with E-state index in [9.17, 15) is 0 Å². The molecular formula is C18H16ClN3. The molecular weight excluding hydrogens is 294 g/mol. The lowest BCUT2D eigenvalue weighted by molar-refractivity contribution is 0.740. The van der Waals surface area contributed by atoms with Gasteiger partial charge in [-0.05, 0) is 49.5 Å². The minimum atomic E-state index is 0.701. The smallest absolute Gasteiger partial charge is 0.138 e. The standard InChI is InChI=1S/C18H16ClN3/c19-15-7-9-22-17(12-21-18(22)11-15)14-6-8-20-16(10-14)13-4-2-1-3-5-13/h4,6-12H,1-3,5H2. The van der Waals surface area contributed by atoms with Crippen molar-refractivity contribution >= 4 is 22.8 Å². The quantitative estimate of drug-likeness (QED) is 0.666. The Morgan fingerprint density at radius 1 is 1.09 bits per heavy atom. The maximum atomic E-state index is 6.03. The molecule has 0 saturated heterocycles. The lowest BCUT2D eigenvalue weighted by Crippen LogP contribution is -1.96. The Labute approximate surface area is 134 Å². The molecule has 1 aliphatic carbocycles. The number of halogens is 1. The number of allylic oxidation sites excluding steroid dienone is 2. The topological polar surface area (TPSA) is 30.2 Å². The van der Waals surface area contributed by atoms with Crippen molar-refractivity contribution in [2.45, 2.75) is 25.7 Å². The molecule has 1 aliphatic rings. The zero-order valence-corrected chi connectivity index (χ0v) is 12.9. The van der Waals surface area contributed by atoms with Gasteiger partial charge in [0.1, 0.15) is 5.65 Å². The van der Waals surface area contributed by atoms with Crippen molar-refractivity contribution in [3.8, 4) is 11.3 Å². The number of aromatic nitrogens is 3. The first-order valence-corrected chi connectivity index (χ1v) is 7.97. The first-order chi connectivity index (χ1) is 10.8. The van der Waals surface area contributed by atoms with Gasteiger partial charge in [0.05, 0.1) is 17.6 Å².